The van der Waals surface area contributed by atoms with Gasteiger partial charge in [0.2, 0.25) is 0 Å². The van der Waals surface area contributed by atoms with Crippen LogP contribution in [0.15, 0.2) is 6.20 Å². The third-order valence-electron chi connectivity index (χ3n) is 3.91. The van der Waals surface area contributed by atoms with Crippen molar-refractivity contribution in [2.45, 2.75) is 39.3 Å². The molecule has 4 nitrogen and oxygen atoms in total. The summed E-state index contributed by atoms with van der Waals surface area (Å²) in [7, 11) is 1.98. The first-order valence-electron chi connectivity index (χ1n) is 7.18. The van der Waals surface area contributed by atoms with Crippen molar-refractivity contribution < 1.29 is 0 Å². The monoisotopic (exact) mass is 284 g/mol. The smallest absolute Gasteiger partial charge is 0.128 e. The number of hydrogen-bond acceptors (Lipinski definition) is 3. The zero-order valence-electron chi connectivity index (χ0n) is 12.2. The zero-order chi connectivity index (χ0) is 13.8. The van der Waals surface area contributed by atoms with Gasteiger partial charge in [-0.2, -0.15) is 0 Å². The molecule has 0 spiro atoms. The van der Waals surface area contributed by atoms with Gasteiger partial charge in [0.05, 0.1) is 12.7 Å². The molecule has 5 heteroatoms. The van der Waals surface area contributed by atoms with Gasteiger partial charge in [-0.25, -0.2) is 4.98 Å². The maximum Gasteiger partial charge on any atom is 0.128 e. The second-order valence-corrected chi connectivity index (χ2v) is 6.23. The van der Waals surface area contributed by atoms with E-state index in [1.807, 2.05) is 11.6 Å². The lowest BCUT2D eigenvalue weighted by molar-refractivity contribution is 0.169. The van der Waals surface area contributed by atoms with Crippen molar-refractivity contribution in [1.82, 2.24) is 19.8 Å². The standard InChI is InChI=1S/C14H25ClN4/c1-11(2)16-8-12-4-6-19(7-5-12)10-14-17-9-13(15)18(14)3/h9,11-12,16H,4-8,10H2,1-3H3. The molecular weight excluding hydrogens is 260 g/mol. The van der Waals surface area contributed by atoms with Crippen LogP contribution in [-0.2, 0) is 13.6 Å². The van der Waals surface area contributed by atoms with Crippen LogP contribution >= 0.6 is 11.6 Å². The van der Waals surface area contributed by atoms with Crippen molar-refractivity contribution in [3.8, 4) is 0 Å². The Labute approximate surface area is 121 Å². The number of nitrogens with one attached hydrogen (secondary N) is 1. The summed E-state index contributed by atoms with van der Waals surface area (Å²) in [5, 5.41) is 4.25. The molecular formula is C14H25ClN4. The number of likely N-dealkylation sites (tertiary alicyclic amines) is 1. The second kappa shape index (κ2) is 6.73. The highest BCUT2D eigenvalue weighted by Gasteiger charge is 2.20. The molecule has 0 amide bonds. The Hall–Kier alpha value is -0.580. The van der Waals surface area contributed by atoms with Gasteiger partial charge in [0.15, 0.2) is 0 Å². The SMILES string of the molecule is CC(C)NCC1CCN(Cc2ncc(Cl)n2C)CC1. The zero-order valence-corrected chi connectivity index (χ0v) is 13.0. The number of imidazole rings is 1. The Morgan fingerprint density at radius 1 is 1.42 bits per heavy atom. The van der Waals surface area contributed by atoms with Gasteiger partial charge in [-0.05, 0) is 38.4 Å². The third kappa shape index (κ3) is 4.20. The summed E-state index contributed by atoms with van der Waals surface area (Å²) in [6.45, 7) is 8.80. The first kappa shape index (κ1) is 14.8. The molecule has 1 N–H and O–H groups in total. The average Bonchev–Trinajstić information content (AvgIpc) is 2.70. The van der Waals surface area contributed by atoms with E-state index in [-0.39, 0.29) is 0 Å². The number of hydrogen-bond donors (Lipinski definition) is 1. The summed E-state index contributed by atoms with van der Waals surface area (Å²) in [5.41, 5.74) is 0. The normalized spacial score (nSPS) is 18.4. The molecule has 0 saturated carbocycles. The van der Waals surface area contributed by atoms with E-state index in [0.717, 1.165) is 37.9 Å². The van der Waals surface area contributed by atoms with Crippen LogP contribution in [0.25, 0.3) is 0 Å². The van der Waals surface area contributed by atoms with Crippen molar-refractivity contribution >= 4 is 11.6 Å². The lowest BCUT2D eigenvalue weighted by Crippen LogP contribution is -2.38. The van der Waals surface area contributed by atoms with Gasteiger partial charge in [0.1, 0.15) is 11.0 Å². The van der Waals surface area contributed by atoms with Gasteiger partial charge in [0.25, 0.3) is 0 Å². The first-order chi connectivity index (χ1) is 9.06. The molecule has 19 heavy (non-hydrogen) atoms. The van der Waals surface area contributed by atoms with E-state index in [2.05, 4.69) is 29.0 Å². The predicted octanol–water partition coefficient (Wildman–Crippen LogP) is 2.28. The lowest BCUT2D eigenvalue weighted by Gasteiger charge is -2.32. The molecule has 1 aromatic rings. The van der Waals surface area contributed by atoms with Gasteiger partial charge >= 0.3 is 0 Å². The van der Waals surface area contributed by atoms with Crippen molar-refractivity contribution in [1.29, 1.82) is 0 Å². The number of piperidine rings is 1. The van der Waals surface area contributed by atoms with Crippen LogP contribution < -0.4 is 5.32 Å². The van der Waals surface area contributed by atoms with Crippen molar-refractivity contribution in [3.63, 3.8) is 0 Å². The van der Waals surface area contributed by atoms with Crippen LogP contribution in [0, 0.1) is 5.92 Å². The van der Waals surface area contributed by atoms with Crippen LogP contribution in [0.5, 0.6) is 0 Å². The number of aromatic nitrogens is 2. The number of nitrogens with zero attached hydrogens (tertiary/aromatic N) is 3. The fourth-order valence-electron chi connectivity index (χ4n) is 2.52. The molecule has 0 atom stereocenters. The molecule has 2 heterocycles. The summed E-state index contributed by atoms with van der Waals surface area (Å²) >= 11 is 6.01. The van der Waals surface area contributed by atoms with E-state index in [0.29, 0.717) is 11.2 Å². The van der Waals surface area contributed by atoms with E-state index >= 15 is 0 Å². The molecule has 2 rings (SSSR count). The van der Waals surface area contributed by atoms with E-state index in [9.17, 15) is 0 Å². The quantitative estimate of drug-likeness (QED) is 0.901. The maximum atomic E-state index is 6.01. The topological polar surface area (TPSA) is 33.1 Å². The van der Waals surface area contributed by atoms with Crippen LogP contribution in [0.1, 0.15) is 32.5 Å². The van der Waals surface area contributed by atoms with Gasteiger partial charge < -0.3 is 9.88 Å². The molecule has 1 aliphatic rings. The van der Waals surface area contributed by atoms with Gasteiger partial charge in [-0.1, -0.05) is 25.4 Å². The fourth-order valence-corrected chi connectivity index (χ4v) is 2.67. The van der Waals surface area contributed by atoms with Crippen LogP contribution in [0.4, 0.5) is 0 Å². The van der Waals surface area contributed by atoms with E-state index in [4.69, 9.17) is 11.6 Å². The minimum absolute atomic E-state index is 0.590. The predicted molar refractivity (Wildman–Crippen MR) is 79.4 cm³/mol. The van der Waals surface area contributed by atoms with Gasteiger partial charge in [-0.15, -0.1) is 0 Å². The lowest BCUT2D eigenvalue weighted by atomic mass is 9.96. The Balaban J connectivity index is 1.76. The third-order valence-corrected chi connectivity index (χ3v) is 4.27. The molecule has 1 saturated heterocycles. The Morgan fingerprint density at radius 3 is 2.63 bits per heavy atom. The summed E-state index contributed by atoms with van der Waals surface area (Å²) in [6, 6.07) is 0.590. The van der Waals surface area contributed by atoms with Crippen molar-refractivity contribution in [2.24, 2.45) is 13.0 Å². The minimum atomic E-state index is 0.590. The summed E-state index contributed by atoms with van der Waals surface area (Å²) in [6.07, 6.45) is 4.28. The maximum absolute atomic E-state index is 6.01. The molecule has 0 aromatic carbocycles. The van der Waals surface area contributed by atoms with Crippen molar-refractivity contribution in [2.75, 3.05) is 19.6 Å². The summed E-state index contributed by atoms with van der Waals surface area (Å²) in [4.78, 5) is 6.84. The number of rotatable bonds is 5. The molecule has 0 unspecified atom stereocenters. The Morgan fingerprint density at radius 2 is 2.11 bits per heavy atom. The highest BCUT2D eigenvalue weighted by molar-refractivity contribution is 6.29. The molecule has 0 bridgehead atoms. The summed E-state index contributed by atoms with van der Waals surface area (Å²) in [5.74, 6) is 1.88. The van der Waals surface area contributed by atoms with Crippen LogP contribution in [0.2, 0.25) is 5.15 Å². The van der Waals surface area contributed by atoms with E-state index in [1.54, 1.807) is 6.20 Å². The number of halogens is 1. The minimum Gasteiger partial charge on any atom is -0.321 e. The largest absolute Gasteiger partial charge is 0.321 e. The van der Waals surface area contributed by atoms with Gasteiger partial charge in [-0.3, -0.25) is 4.90 Å². The summed E-state index contributed by atoms with van der Waals surface area (Å²) < 4.78 is 1.97. The van der Waals surface area contributed by atoms with Gasteiger partial charge in [0, 0.05) is 13.1 Å². The molecule has 1 aliphatic heterocycles. The highest BCUT2D eigenvalue weighted by Crippen LogP contribution is 2.19. The van der Waals surface area contributed by atoms with E-state index < -0.39 is 0 Å². The second-order valence-electron chi connectivity index (χ2n) is 5.84. The molecule has 1 fully saturated rings. The molecule has 0 aliphatic carbocycles. The highest BCUT2D eigenvalue weighted by atomic mass is 35.5. The average molecular weight is 285 g/mol. The molecule has 108 valence electrons. The fraction of sp³-hybridized carbons (Fsp3) is 0.786. The Kier molecular flexibility index (Phi) is 5.25. The van der Waals surface area contributed by atoms with E-state index in [1.165, 1.54) is 12.8 Å². The van der Waals surface area contributed by atoms with Crippen molar-refractivity contribution in [3.05, 3.63) is 17.2 Å². The molecule has 1 aromatic heterocycles. The van der Waals surface area contributed by atoms with Crippen LogP contribution in [0.3, 0.4) is 0 Å². The Bertz CT molecular complexity index is 394. The van der Waals surface area contributed by atoms with Crippen LogP contribution in [-0.4, -0.2) is 40.1 Å². The first-order valence-corrected chi connectivity index (χ1v) is 7.56. The molecule has 0 radical (unpaired) electrons.